The molecule has 2 atom stereocenters. The molecule has 1 aliphatic rings. The van der Waals surface area contributed by atoms with Crippen molar-refractivity contribution in [3.63, 3.8) is 0 Å². The van der Waals surface area contributed by atoms with Gasteiger partial charge in [0.05, 0.1) is 17.6 Å². The highest BCUT2D eigenvalue weighted by Gasteiger charge is 2.35. The SMILES string of the molecule is CC(C)OC(=O)[C@@H]1CCCC[C@H]1OC(=O)c1ccccc1. The number of hydrogen-bond donors (Lipinski definition) is 0. The molecule has 1 aromatic rings. The fourth-order valence-corrected chi connectivity index (χ4v) is 2.61. The van der Waals surface area contributed by atoms with E-state index in [1.54, 1.807) is 24.3 Å². The van der Waals surface area contributed by atoms with E-state index in [4.69, 9.17) is 9.47 Å². The van der Waals surface area contributed by atoms with Gasteiger partial charge in [0.1, 0.15) is 6.10 Å². The van der Waals surface area contributed by atoms with Crippen molar-refractivity contribution < 1.29 is 19.1 Å². The predicted octanol–water partition coefficient (Wildman–Crippen LogP) is 3.35. The van der Waals surface area contributed by atoms with E-state index in [2.05, 4.69) is 0 Å². The number of ether oxygens (including phenoxy) is 2. The Kier molecular flexibility index (Phi) is 5.37. The van der Waals surface area contributed by atoms with Crippen LogP contribution in [-0.4, -0.2) is 24.1 Å². The van der Waals surface area contributed by atoms with Gasteiger partial charge < -0.3 is 9.47 Å². The molecule has 0 amide bonds. The van der Waals surface area contributed by atoms with Crippen LogP contribution in [0.2, 0.25) is 0 Å². The van der Waals surface area contributed by atoms with Crippen molar-refractivity contribution in [3.8, 4) is 0 Å². The first-order valence-corrected chi connectivity index (χ1v) is 7.54. The van der Waals surface area contributed by atoms with Gasteiger partial charge in [0, 0.05) is 0 Å². The molecule has 4 nitrogen and oxygen atoms in total. The lowest BCUT2D eigenvalue weighted by molar-refractivity contribution is -0.158. The Morgan fingerprint density at radius 3 is 2.43 bits per heavy atom. The molecule has 21 heavy (non-hydrogen) atoms. The maximum absolute atomic E-state index is 12.1. The molecule has 0 unspecified atom stereocenters. The average molecular weight is 290 g/mol. The van der Waals surface area contributed by atoms with Crippen molar-refractivity contribution in [2.75, 3.05) is 0 Å². The molecule has 114 valence electrons. The molecule has 0 aromatic heterocycles. The fourth-order valence-electron chi connectivity index (χ4n) is 2.61. The molecular formula is C17H22O4. The van der Waals surface area contributed by atoms with Crippen LogP contribution < -0.4 is 0 Å². The van der Waals surface area contributed by atoms with Crippen molar-refractivity contribution >= 4 is 11.9 Å². The highest BCUT2D eigenvalue weighted by Crippen LogP contribution is 2.29. The van der Waals surface area contributed by atoms with Crippen LogP contribution in [-0.2, 0) is 14.3 Å². The average Bonchev–Trinajstić information content (AvgIpc) is 2.48. The Bertz CT molecular complexity index is 481. The molecule has 2 rings (SSSR count). The molecule has 0 saturated heterocycles. The Morgan fingerprint density at radius 1 is 1.10 bits per heavy atom. The monoisotopic (exact) mass is 290 g/mol. The van der Waals surface area contributed by atoms with Gasteiger partial charge >= 0.3 is 11.9 Å². The number of esters is 2. The fraction of sp³-hybridized carbons (Fsp3) is 0.529. The highest BCUT2D eigenvalue weighted by atomic mass is 16.6. The molecule has 0 spiro atoms. The summed E-state index contributed by atoms with van der Waals surface area (Å²) in [7, 11) is 0. The number of rotatable bonds is 4. The lowest BCUT2D eigenvalue weighted by Gasteiger charge is -2.30. The predicted molar refractivity (Wildman–Crippen MR) is 78.8 cm³/mol. The zero-order valence-electron chi connectivity index (χ0n) is 12.6. The van der Waals surface area contributed by atoms with Crippen LogP contribution >= 0.6 is 0 Å². The van der Waals surface area contributed by atoms with Crippen molar-refractivity contribution in [2.45, 2.75) is 51.7 Å². The second-order valence-electron chi connectivity index (χ2n) is 5.69. The minimum atomic E-state index is -0.377. The van der Waals surface area contributed by atoms with E-state index in [0.29, 0.717) is 5.56 Å². The summed E-state index contributed by atoms with van der Waals surface area (Å²) < 4.78 is 10.8. The van der Waals surface area contributed by atoms with Crippen molar-refractivity contribution in [1.29, 1.82) is 0 Å². The molecule has 4 heteroatoms. The first kappa shape index (κ1) is 15.5. The van der Waals surface area contributed by atoms with Crippen molar-refractivity contribution in [3.05, 3.63) is 35.9 Å². The number of benzene rings is 1. The number of hydrogen-bond acceptors (Lipinski definition) is 4. The van der Waals surface area contributed by atoms with E-state index in [1.807, 2.05) is 19.9 Å². The first-order valence-electron chi connectivity index (χ1n) is 7.54. The van der Waals surface area contributed by atoms with Crippen LogP contribution in [0.1, 0.15) is 49.9 Å². The maximum Gasteiger partial charge on any atom is 0.338 e. The summed E-state index contributed by atoms with van der Waals surface area (Å²) in [4.78, 5) is 24.3. The van der Waals surface area contributed by atoms with Crippen LogP contribution in [0.5, 0.6) is 0 Å². The summed E-state index contributed by atoms with van der Waals surface area (Å²) in [5.41, 5.74) is 0.513. The summed E-state index contributed by atoms with van der Waals surface area (Å²) in [5, 5.41) is 0. The van der Waals surface area contributed by atoms with Gasteiger partial charge in [-0.15, -0.1) is 0 Å². The smallest absolute Gasteiger partial charge is 0.338 e. The summed E-state index contributed by atoms with van der Waals surface area (Å²) in [6.07, 6.45) is 2.85. The Labute approximate surface area is 125 Å². The maximum atomic E-state index is 12.1. The van der Waals surface area contributed by atoms with Gasteiger partial charge in [-0.3, -0.25) is 4.79 Å². The second-order valence-corrected chi connectivity index (χ2v) is 5.69. The highest BCUT2D eigenvalue weighted by molar-refractivity contribution is 5.89. The van der Waals surface area contributed by atoms with Gasteiger partial charge in [0.15, 0.2) is 0 Å². The largest absolute Gasteiger partial charge is 0.463 e. The van der Waals surface area contributed by atoms with Crippen molar-refractivity contribution in [2.24, 2.45) is 5.92 Å². The van der Waals surface area contributed by atoms with E-state index in [-0.39, 0.29) is 30.1 Å². The van der Waals surface area contributed by atoms with Crippen molar-refractivity contribution in [1.82, 2.24) is 0 Å². The molecular weight excluding hydrogens is 268 g/mol. The van der Waals surface area contributed by atoms with Crippen LogP contribution in [0.3, 0.4) is 0 Å². The molecule has 0 aliphatic heterocycles. The molecule has 0 radical (unpaired) electrons. The Morgan fingerprint density at radius 2 is 1.76 bits per heavy atom. The van der Waals surface area contributed by atoms with Gasteiger partial charge in [0.25, 0.3) is 0 Å². The van der Waals surface area contributed by atoms with Gasteiger partial charge in [-0.1, -0.05) is 24.6 Å². The van der Waals surface area contributed by atoms with Crippen LogP contribution in [0, 0.1) is 5.92 Å². The second kappa shape index (κ2) is 7.25. The lowest BCUT2D eigenvalue weighted by atomic mass is 9.86. The zero-order chi connectivity index (χ0) is 15.2. The van der Waals surface area contributed by atoms with Gasteiger partial charge in [-0.05, 0) is 45.2 Å². The van der Waals surface area contributed by atoms with Gasteiger partial charge in [-0.2, -0.15) is 0 Å². The normalized spacial score (nSPS) is 21.9. The van der Waals surface area contributed by atoms with E-state index in [1.165, 1.54) is 0 Å². The number of carbonyl (C=O) groups is 2. The third-order valence-electron chi connectivity index (χ3n) is 3.63. The Hall–Kier alpha value is -1.84. The van der Waals surface area contributed by atoms with Crippen LogP contribution in [0.25, 0.3) is 0 Å². The van der Waals surface area contributed by atoms with E-state index >= 15 is 0 Å². The lowest BCUT2D eigenvalue weighted by Crippen LogP contribution is -2.37. The molecule has 1 saturated carbocycles. The quantitative estimate of drug-likeness (QED) is 0.798. The third kappa shape index (κ3) is 4.31. The zero-order valence-corrected chi connectivity index (χ0v) is 12.6. The van der Waals surface area contributed by atoms with Gasteiger partial charge in [0.2, 0.25) is 0 Å². The van der Waals surface area contributed by atoms with Gasteiger partial charge in [-0.25, -0.2) is 4.79 Å². The standard InChI is InChI=1S/C17H22O4/c1-12(2)20-17(19)14-10-6-7-11-15(14)21-16(18)13-8-4-3-5-9-13/h3-5,8-9,12,14-15H,6-7,10-11H2,1-2H3/t14-,15-/m1/s1. The Balaban J connectivity index is 2.02. The number of carbonyl (C=O) groups excluding carboxylic acids is 2. The molecule has 1 aliphatic carbocycles. The summed E-state index contributed by atoms with van der Waals surface area (Å²) in [6.45, 7) is 3.65. The summed E-state index contributed by atoms with van der Waals surface area (Å²) in [6, 6.07) is 8.86. The summed E-state index contributed by atoms with van der Waals surface area (Å²) >= 11 is 0. The van der Waals surface area contributed by atoms with Crippen LogP contribution in [0.15, 0.2) is 30.3 Å². The van der Waals surface area contributed by atoms with E-state index in [9.17, 15) is 9.59 Å². The van der Waals surface area contributed by atoms with E-state index < -0.39 is 0 Å². The third-order valence-corrected chi connectivity index (χ3v) is 3.63. The topological polar surface area (TPSA) is 52.6 Å². The molecule has 0 heterocycles. The molecule has 0 N–H and O–H groups in total. The molecule has 0 bridgehead atoms. The van der Waals surface area contributed by atoms with E-state index in [0.717, 1.165) is 25.7 Å². The first-order chi connectivity index (χ1) is 10.1. The molecule has 1 fully saturated rings. The minimum absolute atomic E-state index is 0.148. The molecule has 1 aromatic carbocycles. The minimum Gasteiger partial charge on any atom is -0.463 e. The summed E-state index contributed by atoms with van der Waals surface area (Å²) in [5.74, 6) is -0.964. The van der Waals surface area contributed by atoms with Crippen LogP contribution in [0.4, 0.5) is 0 Å².